The van der Waals surface area contributed by atoms with Crippen LogP contribution in [0.25, 0.3) is 11.1 Å². The average molecular weight is 367 g/mol. The molecule has 5 heteroatoms. The summed E-state index contributed by atoms with van der Waals surface area (Å²) in [6.07, 6.45) is 0. The average Bonchev–Trinajstić information content (AvgIpc) is 2.73. The van der Waals surface area contributed by atoms with Crippen LogP contribution >= 0.6 is 27.5 Å². The lowest BCUT2D eigenvalue weighted by Gasteiger charge is -2.13. The smallest absolute Gasteiger partial charge is 0.408 e. The molecular formula is C16H13BrClNO2. The van der Waals surface area contributed by atoms with Crippen molar-refractivity contribution in [2.75, 3.05) is 0 Å². The van der Waals surface area contributed by atoms with Crippen LogP contribution in [-0.2, 0) is 7.05 Å². The van der Waals surface area contributed by atoms with Crippen molar-refractivity contribution in [3.8, 4) is 0 Å². The highest BCUT2D eigenvalue weighted by atomic mass is 79.9. The highest BCUT2D eigenvalue weighted by Gasteiger charge is 2.16. The summed E-state index contributed by atoms with van der Waals surface area (Å²) in [4.78, 5) is 11.5. The summed E-state index contributed by atoms with van der Waals surface area (Å²) in [6, 6.07) is 11.7. The first-order valence-corrected chi connectivity index (χ1v) is 7.70. The number of fused-ring (bicyclic) bond motifs is 1. The van der Waals surface area contributed by atoms with Crippen molar-refractivity contribution in [2.45, 2.75) is 12.3 Å². The second kappa shape index (κ2) is 5.35. The number of aryl methyl sites for hydroxylation is 2. The maximum atomic E-state index is 11.5. The van der Waals surface area contributed by atoms with Gasteiger partial charge in [0, 0.05) is 11.5 Å². The van der Waals surface area contributed by atoms with Crippen molar-refractivity contribution in [3.63, 3.8) is 0 Å². The van der Waals surface area contributed by atoms with Gasteiger partial charge in [0.15, 0.2) is 5.58 Å². The predicted molar refractivity (Wildman–Crippen MR) is 88.0 cm³/mol. The number of oxazole rings is 1. The van der Waals surface area contributed by atoms with Crippen molar-refractivity contribution >= 4 is 38.6 Å². The summed E-state index contributed by atoms with van der Waals surface area (Å²) in [5, 5.41) is -0.310. The van der Waals surface area contributed by atoms with E-state index >= 15 is 0 Å². The highest BCUT2D eigenvalue weighted by Crippen LogP contribution is 2.35. The van der Waals surface area contributed by atoms with Crippen LogP contribution in [0.15, 0.2) is 50.1 Å². The molecule has 3 aromatic rings. The maximum absolute atomic E-state index is 11.5. The number of alkyl halides is 1. The minimum absolute atomic E-state index is 0.310. The lowest BCUT2D eigenvalue weighted by molar-refractivity contribution is 0.528. The van der Waals surface area contributed by atoms with Gasteiger partial charge < -0.3 is 4.42 Å². The minimum Gasteiger partial charge on any atom is -0.408 e. The van der Waals surface area contributed by atoms with Crippen molar-refractivity contribution in [2.24, 2.45) is 7.05 Å². The zero-order chi connectivity index (χ0) is 15.1. The summed E-state index contributed by atoms with van der Waals surface area (Å²) in [5.41, 5.74) is 4.35. The van der Waals surface area contributed by atoms with Crippen molar-refractivity contribution < 1.29 is 4.42 Å². The van der Waals surface area contributed by atoms with E-state index in [1.54, 1.807) is 7.05 Å². The van der Waals surface area contributed by atoms with E-state index in [4.69, 9.17) is 16.0 Å². The van der Waals surface area contributed by atoms with E-state index in [0.29, 0.717) is 5.58 Å². The number of aromatic nitrogens is 1. The van der Waals surface area contributed by atoms with Gasteiger partial charge in [0.25, 0.3) is 0 Å². The molecule has 0 radical (unpaired) electrons. The Hall–Kier alpha value is -1.52. The number of rotatable bonds is 2. The first-order chi connectivity index (χ1) is 9.97. The van der Waals surface area contributed by atoms with Gasteiger partial charge in [0.1, 0.15) is 0 Å². The Labute approximate surface area is 135 Å². The fourth-order valence-corrected chi connectivity index (χ4v) is 3.51. The monoisotopic (exact) mass is 365 g/mol. The molecule has 2 aromatic carbocycles. The number of hydrogen-bond acceptors (Lipinski definition) is 2. The zero-order valence-corrected chi connectivity index (χ0v) is 13.9. The Morgan fingerprint density at radius 1 is 1.24 bits per heavy atom. The Kier molecular flexibility index (Phi) is 3.68. The van der Waals surface area contributed by atoms with Crippen LogP contribution < -0.4 is 5.76 Å². The fraction of sp³-hybridized carbons (Fsp3) is 0.188. The van der Waals surface area contributed by atoms with Gasteiger partial charge in [-0.15, -0.1) is 11.6 Å². The molecule has 0 aliphatic rings. The van der Waals surface area contributed by atoms with Gasteiger partial charge in [-0.05, 0) is 41.8 Å². The molecule has 3 nitrogen and oxygen atoms in total. The van der Waals surface area contributed by atoms with Crippen molar-refractivity contribution in [3.05, 3.63) is 68.1 Å². The molecule has 0 amide bonds. The Morgan fingerprint density at radius 3 is 2.71 bits per heavy atom. The largest absolute Gasteiger partial charge is 0.419 e. The van der Waals surface area contributed by atoms with Gasteiger partial charge >= 0.3 is 5.76 Å². The topological polar surface area (TPSA) is 35.1 Å². The van der Waals surface area contributed by atoms with E-state index in [1.165, 1.54) is 10.1 Å². The van der Waals surface area contributed by atoms with Crippen molar-refractivity contribution in [1.82, 2.24) is 4.57 Å². The Balaban J connectivity index is 2.09. The maximum Gasteiger partial charge on any atom is 0.419 e. The summed E-state index contributed by atoms with van der Waals surface area (Å²) >= 11 is 10.1. The second-order valence-corrected chi connectivity index (χ2v) is 6.33. The molecule has 108 valence electrons. The lowest BCUT2D eigenvalue weighted by atomic mass is 10.0. The van der Waals surface area contributed by atoms with E-state index in [2.05, 4.69) is 15.9 Å². The van der Waals surface area contributed by atoms with Crippen LogP contribution in [0.4, 0.5) is 0 Å². The molecule has 21 heavy (non-hydrogen) atoms. The number of halogens is 2. The van der Waals surface area contributed by atoms with E-state index in [9.17, 15) is 4.79 Å². The second-order valence-electron chi connectivity index (χ2n) is 5.04. The molecule has 0 saturated carbocycles. The van der Waals surface area contributed by atoms with E-state index in [1.807, 2.05) is 43.3 Å². The van der Waals surface area contributed by atoms with Crippen molar-refractivity contribution in [1.29, 1.82) is 0 Å². The standard InChI is InChI=1S/C16H13BrClNO2/c1-9-3-5-11(12(17)7-9)15(18)10-4-6-13-14(8-10)21-16(20)19(13)2/h3-8,15H,1-2H3. The van der Waals surface area contributed by atoms with E-state index in [0.717, 1.165) is 21.1 Å². The summed E-state index contributed by atoms with van der Waals surface area (Å²) in [5.74, 6) is -0.371. The van der Waals surface area contributed by atoms with Crippen LogP contribution in [-0.4, -0.2) is 4.57 Å². The van der Waals surface area contributed by atoms with Crippen LogP contribution in [0, 0.1) is 6.92 Å². The summed E-state index contributed by atoms with van der Waals surface area (Å²) in [7, 11) is 1.68. The molecule has 1 aromatic heterocycles. The van der Waals surface area contributed by atoms with Gasteiger partial charge in [-0.3, -0.25) is 4.57 Å². The minimum atomic E-state index is -0.371. The SMILES string of the molecule is Cc1ccc(C(Cl)c2ccc3c(c2)oc(=O)n3C)c(Br)c1. The Bertz CT molecular complexity index is 882. The molecule has 0 saturated heterocycles. The van der Waals surface area contributed by atoms with E-state index < -0.39 is 0 Å². The third kappa shape index (κ3) is 2.54. The first-order valence-electron chi connectivity index (χ1n) is 6.47. The quantitative estimate of drug-likeness (QED) is 0.625. The summed E-state index contributed by atoms with van der Waals surface area (Å²) < 4.78 is 7.66. The molecular weight excluding hydrogens is 354 g/mol. The third-order valence-corrected chi connectivity index (χ3v) is 4.71. The van der Waals surface area contributed by atoms with Gasteiger partial charge in [0.05, 0.1) is 10.9 Å². The molecule has 1 unspecified atom stereocenters. The summed E-state index contributed by atoms with van der Waals surface area (Å²) in [6.45, 7) is 2.03. The zero-order valence-electron chi connectivity index (χ0n) is 11.6. The first kappa shape index (κ1) is 14.4. The molecule has 1 atom stereocenters. The lowest BCUT2D eigenvalue weighted by Crippen LogP contribution is -2.08. The highest BCUT2D eigenvalue weighted by molar-refractivity contribution is 9.10. The molecule has 0 aliphatic carbocycles. The van der Waals surface area contributed by atoms with Gasteiger partial charge in [-0.2, -0.15) is 0 Å². The van der Waals surface area contributed by atoms with Crippen LogP contribution in [0.1, 0.15) is 22.1 Å². The van der Waals surface area contributed by atoms with Gasteiger partial charge in [-0.25, -0.2) is 4.79 Å². The van der Waals surface area contributed by atoms with Gasteiger partial charge in [0.2, 0.25) is 0 Å². The number of nitrogens with zero attached hydrogens (tertiary/aromatic N) is 1. The number of hydrogen-bond donors (Lipinski definition) is 0. The molecule has 1 heterocycles. The fourth-order valence-electron chi connectivity index (χ4n) is 2.33. The van der Waals surface area contributed by atoms with Gasteiger partial charge in [-0.1, -0.05) is 34.1 Å². The molecule has 0 bridgehead atoms. The molecule has 0 N–H and O–H groups in total. The third-order valence-electron chi connectivity index (χ3n) is 3.54. The van der Waals surface area contributed by atoms with Crippen LogP contribution in [0.3, 0.4) is 0 Å². The van der Waals surface area contributed by atoms with Crippen LogP contribution in [0.5, 0.6) is 0 Å². The molecule has 0 aliphatic heterocycles. The van der Waals surface area contributed by atoms with E-state index in [-0.39, 0.29) is 11.1 Å². The molecule has 0 spiro atoms. The Morgan fingerprint density at radius 2 is 2.00 bits per heavy atom. The molecule has 0 fully saturated rings. The number of benzene rings is 2. The normalized spacial score (nSPS) is 12.8. The predicted octanol–water partition coefficient (Wildman–Crippen LogP) is 4.53. The molecule has 3 rings (SSSR count). The van der Waals surface area contributed by atoms with Crippen LogP contribution in [0.2, 0.25) is 0 Å².